The van der Waals surface area contributed by atoms with Crippen LogP contribution in [0.4, 0.5) is 19.4 Å². The van der Waals surface area contributed by atoms with Gasteiger partial charge in [0.25, 0.3) is 5.91 Å². The molecular weight excluding hydrogens is 505 g/mol. The second-order valence-corrected chi connectivity index (χ2v) is 11.8. The fourth-order valence-electron chi connectivity index (χ4n) is 4.82. The van der Waals surface area contributed by atoms with Crippen LogP contribution in [0.5, 0.6) is 0 Å². The third-order valence-corrected chi connectivity index (χ3v) is 7.83. The van der Waals surface area contributed by atoms with Crippen LogP contribution in [0, 0.1) is 0 Å². The molecule has 1 aromatic carbocycles. The molecule has 2 aliphatic rings. The van der Waals surface area contributed by atoms with Crippen LogP contribution in [0.15, 0.2) is 41.4 Å². The van der Waals surface area contributed by atoms with Crippen molar-refractivity contribution < 1.29 is 29.0 Å². The highest BCUT2D eigenvalue weighted by atomic mass is 32.5. The average Bonchev–Trinajstić information content (AvgIpc) is 3.27. The van der Waals surface area contributed by atoms with E-state index < -0.39 is 21.0 Å². The summed E-state index contributed by atoms with van der Waals surface area (Å²) in [7, 11) is -9.77. The number of morpholine rings is 1. The highest BCUT2D eigenvalue weighted by molar-refractivity contribution is 8.45. The Morgan fingerprint density at radius 2 is 1.75 bits per heavy atom. The first-order valence-corrected chi connectivity index (χ1v) is 13.6. The summed E-state index contributed by atoms with van der Waals surface area (Å²) < 4.78 is 70.8. The second kappa shape index (κ2) is 8.12. The molecule has 2 aromatic heterocycles. The quantitative estimate of drug-likeness (QED) is 0.423. The minimum Gasteiger partial charge on any atom is -0.365 e. The lowest BCUT2D eigenvalue weighted by molar-refractivity contribution is -0.0326. The number of ether oxygens (including phenoxy) is 1. The van der Waals surface area contributed by atoms with E-state index in [0.717, 1.165) is 29.8 Å². The zero-order valence-electron chi connectivity index (χ0n) is 19.4. The molecule has 4 heterocycles. The van der Waals surface area contributed by atoms with Crippen LogP contribution < -0.4 is 5.32 Å². The number of H-pyrrole nitrogens is 1. The van der Waals surface area contributed by atoms with Crippen LogP contribution in [0.25, 0.3) is 11.2 Å². The van der Waals surface area contributed by atoms with Gasteiger partial charge in [0.1, 0.15) is 22.3 Å². The predicted octanol–water partition coefficient (Wildman–Crippen LogP) is 5.68. The van der Waals surface area contributed by atoms with Crippen molar-refractivity contribution in [2.75, 3.05) is 26.2 Å². The average molecular weight is 532 g/mol. The van der Waals surface area contributed by atoms with Crippen LogP contribution in [0.2, 0.25) is 0 Å². The molecule has 2 N–H and O–H groups in total. The van der Waals surface area contributed by atoms with E-state index in [2.05, 4.69) is 15.3 Å². The van der Waals surface area contributed by atoms with Gasteiger partial charge in [-0.1, -0.05) is 19.4 Å². The molecule has 3 aromatic rings. The summed E-state index contributed by atoms with van der Waals surface area (Å²) in [5.41, 5.74) is 2.36. The summed E-state index contributed by atoms with van der Waals surface area (Å²) in [6.07, 6.45) is 2.80. The lowest BCUT2D eigenvalue weighted by atomic mass is 9.89. The van der Waals surface area contributed by atoms with E-state index in [0.29, 0.717) is 43.9 Å². The standard InChI is InChI=1S/C23H26F5N5O2S/c1-14-12-29-13-19(35-14)21-31-20-18(6-9-30-22(20)32-21)15-7-10-33(11-8-15)23(34)16-2-4-17(5-3-16)36(24,25,26,27)28/h2-6,9,14-15,19,29H,7-8,10-13H2,1H3,(H,30,31,32)/t14-,19-/m1/s1. The summed E-state index contributed by atoms with van der Waals surface area (Å²) in [5, 5.41) is 3.31. The molecule has 2 atom stereocenters. The van der Waals surface area contributed by atoms with Gasteiger partial charge >= 0.3 is 10.2 Å². The first kappa shape index (κ1) is 24.9. The monoisotopic (exact) mass is 531 g/mol. The number of piperidine rings is 1. The number of pyridine rings is 1. The molecule has 0 radical (unpaired) electrons. The number of fused-ring (bicyclic) bond motifs is 1. The molecule has 2 saturated heterocycles. The Morgan fingerprint density at radius 3 is 2.39 bits per heavy atom. The molecule has 0 aliphatic carbocycles. The van der Waals surface area contributed by atoms with E-state index in [9.17, 15) is 24.2 Å². The molecule has 5 rings (SSSR count). The van der Waals surface area contributed by atoms with Gasteiger partial charge in [0.15, 0.2) is 5.65 Å². The van der Waals surface area contributed by atoms with E-state index in [-0.39, 0.29) is 35.8 Å². The van der Waals surface area contributed by atoms with Gasteiger partial charge in [0.2, 0.25) is 0 Å². The van der Waals surface area contributed by atoms with Crippen molar-refractivity contribution in [3.8, 4) is 0 Å². The third-order valence-electron chi connectivity index (χ3n) is 6.67. The maximum absolute atomic E-state index is 13.0. The van der Waals surface area contributed by atoms with Crippen molar-refractivity contribution in [1.82, 2.24) is 25.2 Å². The van der Waals surface area contributed by atoms with Crippen molar-refractivity contribution in [3.63, 3.8) is 0 Å². The van der Waals surface area contributed by atoms with Crippen molar-refractivity contribution in [2.24, 2.45) is 0 Å². The van der Waals surface area contributed by atoms with Gasteiger partial charge < -0.3 is 19.9 Å². The van der Waals surface area contributed by atoms with Gasteiger partial charge in [-0.2, -0.15) is 0 Å². The van der Waals surface area contributed by atoms with E-state index in [1.165, 1.54) is 4.90 Å². The van der Waals surface area contributed by atoms with Gasteiger partial charge in [0, 0.05) is 37.9 Å². The fraction of sp³-hybridized carbons (Fsp3) is 0.435. The SMILES string of the molecule is C[C@@H]1CNC[C@H](c2nc3c(C4CCN(C(=O)c5ccc(S(F)(F)(F)(F)F)cc5)CC4)ccnc3[nH]2)O1. The molecule has 36 heavy (non-hydrogen) atoms. The first-order chi connectivity index (χ1) is 16.8. The maximum Gasteiger partial charge on any atom is 0.310 e. The summed E-state index contributed by atoms with van der Waals surface area (Å²) >= 11 is 0. The topological polar surface area (TPSA) is 83.1 Å². The zero-order chi connectivity index (χ0) is 25.8. The Kier molecular flexibility index (Phi) is 5.62. The number of nitrogens with one attached hydrogen (secondary N) is 2. The van der Waals surface area contributed by atoms with Crippen molar-refractivity contribution in [3.05, 3.63) is 53.5 Å². The molecule has 1 amide bonds. The summed E-state index contributed by atoms with van der Waals surface area (Å²) in [4.78, 5) is 24.7. The van der Waals surface area contributed by atoms with Gasteiger partial charge in [-0.25, -0.2) is 9.97 Å². The number of nitrogens with zero attached hydrogens (tertiary/aromatic N) is 3. The molecule has 0 saturated carbocycles. The van der Waals surface area contributed by atoms with Crippen LogP contribution in [0.1, 0.15) is 53.5 Å². The van der Waals surface area contributed by atoms with Gasteiger partial charge in [-0.05, 0) is 61.6 Å². The number of carbonyl (C=O) groups excluding carboxylic acids is 1. The zero-order valence-corrected chi connectivity index (χ0v) is 20.2. The maximum atomic E-state index is 13.0. The molecule has 2 aliphatic heterocycles. The number of halogens is 5. The number of likely N-dealkylation sites (tertiary alicyclic amines) is 1. The van der Waals surface area contributed by atoms with E-state index in [4.69, 9.17) is 9.72 Å². The first-order valence-electron chi connectivity index (χ1n) is 11.6. The molecule has 7 nitrogen and oxygen atoms in total. The van der Waals surface area contributed by atoms with Crippen molar-refractivity contribution in [1.29, 1.82) is 0 Å². The van der Waals surface area contributed by atoms with Crippen LogP contribution in [0.3, 0.4) is 0 Å². The van der Waals surface area contributed by atoms with Gasteiger partial charge in [-0.15, -0.1) is 0 Å². The van der Waals surface area contributed by atoms with Gasteiger partial charge in [0.05, 0.1) is 6.10 Å². The Hall–Kier alpha value is -2.77. The number of hydrogen-bond donors (Lipinski definition) is 2. The molecular formula is C23H26F5N5O2S. The molecule has 196 valence electrons. The molecule has 2 fully saturated rings. The summed E-state index contributed by atoms with van der Waals surface area (Å²) in [6, 6.07) is 4.08. The Morgan fingerprint density at radius 1 is 1.06 bits per heavy atom. The van der Waals surface area contributed by atoms with Crippen LogP contribution in [-0.2, 0) is 4.74 Å². The van der Waals surface area contributed by atoms with E-state index in [1.54, 1.807) is 6.20 Å². The molecule has 0 spiro atoms. The Bertz CT molecular complexity index is 1290. The van der Waals surface area contributed by atoms with E-state index in [1.807, 2.05) is 13.0 Å². The number of carbonyl (C=O) groups is 1. The lowest BCUT2D eigenvalue weighted by Crippen LogP contribution is -2.39. The number of imidazole rings is 1. The lowest BCUT2D eigenvalue weighted by Gasteiger charge is -2.40. The third kappa shape index (κ3) is 5.04. The number of amides is 1. The number of hydrogen-bond acceptors (Lipinski definition) is 5. The molecule has 0 unspecified atom stereocenters. The minimum atomic E-state index is -9.77. The van der Waals surface area contributed by atoms with Crippen molar-refractivity contribution >= 4 is 27.3 Å². The Balaban J connectivity index is 1.28. The molecule has 13 heteroatoms. The highest BCUT2D eigenvalue weighted by Gasteiger charge is 2.65. The number of rotatable bonds is 4. The normalized spacial score (nSPS) is 23.9. The molecule has 0 bridgehead atoms. The number of aromatic amines is 1. The van der Waals surface area contributed by atoms with E-state index >= 15 is 0 Å². The minimum absolute atomic E-state index is 0.0578. The second-order valence-electron chi connectivity index (χ2n) is 9.37. The summed E-state index contributed by atoms with van der Waals surface area (Å²) in [6.45, 7) is 4.16. The largest absolute Gasteiger partial charge is 0.365 e. The highest BCUT2D eigenvalue weighted by Crippen LogP contribution is 3.02. The summed E-state index contributed by atoms with van der Waals surface area (Å²) in [5.74, 6) is 0.322. The smallest absolute Gasteiger partial charge is 0.310 e. The Labute approximate surface area is 204 Å². The fourth-order valence-corrected chi connectivity index (χ4v) is 5.47. The van der Waals surface area contributed by atoms with Crippen LogP contribution in [-0.4, -0.2) is 58.0 Å². The number of aromatic nitrogens is 3. The van der Waals surface area contributed by atoms with Crippen LogP contribution >= 0.6 is 10.2 Å². The van der Waals surface area contributed by atoms with Crippen molar-refractivity contribution in [2.45, 2.75) is 42.8 Å². The number of benzene rings is 1. The van der Waals surface area contributed by atoms with Gasteiger partial charge in [-0.3, -0.25) is 4.79 Å². The predicted molar refractivity (Wildman–Crippen MR) is 126 cm³/mol.